The molecule has 0 aliphatic carbocycles. The summed E-state index contributed by atoms with van der Waals surface area (Å²) in [4.78, 5) is 20.6. The van der Waals surface area contributed by atoms with Gasteiger partial charge in [0.15, 0.2) is 0 Å². The molecule has 5 nitrogen and oxygen atoms in total. The smallest absolute Gasteiger partial charge is 0.305 e. The first-order chi connectivity index (χ1) is 11.3. The van der Waals surface area contributed by atoms with Gasteiger partial charge >= 0.3 is 6.18 Å². The highest BCUT2D eigenvalue weighted by atomic mass is 19.4. The minimum atomic E-state index is -4.50. The van der Waals surface area contributed by atoms with Crippen LogP contribution >= 0.6 is 0 Å². The fourth-order valence-electron chi connectivity index (χ4n) is 2.38. The number of hydrogen-bond donors (Lipinski definition) is 1. The lowest BCUT2D eigenvalue weighted by atomic mass is 10.2. The van der Waals surface area contributed by atoms with Crippen molar-refractivity contribution in [3.8, 4) is 0 Å². The van der Waals surface area contributed by atoms with Gasteiger partial charge in [0.2, 0.25) is 0 Å². The van der Waals surface area contributed by atoms with Gasteiger partial charge < -0.3 is 5.32 Å². The zero-order chi connectivity index (χ0) is 17.5. The molecule has 0 aromatic carbocycles. The molecule has 1 N–H and O–H groups in total. The molecule has 3 rings (SSSR count). The normalized spacial score (nSPS) is 11.7. The van der Waals surface area contributed by atoms with Gasteiger partial charge in [0, 0.05) is 12.4 Å². The van der Waals surface area contributed by atoms with Crippen LogP contribution in [0.3, 0.4) is 0 Å². The molecule has 0 fully saturated rings. The van der Waals surface area contributed by atoms with E-state index in [4.69, 9.17) is 0 Å². The molecular weight excluding hydrogens is 321 g/mol. The monoisotopic (exact) mass is 334 g/mol. The molecule has 0 spiro atoms. The molecule has 124 valence electrons. The Kier molecular flexibility index (Phi) is 3.75. The number of alkyl halides is 3. The first-order valence-electron chi connectivity index (χ1n) is 7.05. The highest BCUT2D eigenvalue weighted by Gasteiger charge is 2.31. The van der Waals surface area contributed by atoms with Gasteiger partial charge in [0.05, 0.1) is 11.3 Å². The molecule has 0 atom stereocenters. The fourth-order valence-corrected chi connectivity index (χ4v) is 2.38. The maximum atomic E-state index is 12.9. The number of rotatable bonds is 2. The molecule has 0 saturated heterocycles. The van der Waals surface area contributed by atoms with Gasteiger partial charge in [-0.2, -0.15) is 13.2 Å². The maximum Gasteiger partial charge on any atom is 0.417 e. The number of halogens is 3. The number of carbonyl (C=O) groups is 1. The van der Waals surface area contributed by atoms with Crippen molar-refractivity contribution in [3.63, 3.8) is 0 Å². The second kappa shape index (κ2) is 5.63. The number of nitrogens with one attached hydrogen (secondary N) is 1. The number of carbonyl (C=O) groups excluding carboxylic acids is 1. The number of imidazole rings is 1. The molecule has 0 radical (unpaired) electrons. The van der Waals surface area contributed by atoms with Crippen molar-refractivity contribution < 1.29 is 18.0 Å². The summed E-state index contributed by atoms with van der Waals surface area (Å²) in [6.45, 7) is 3.41. The molecular formula is C16H13F3N4O. The number of hydrogen-bond acceptors (Lipinski definition) is 3. The van der Waals surface area contributed by atoms with Crippen LogP contribution in [0.1, 0.15) is 27.3 Å². The van der Waals surface area contributed by atoms with Crippen LogP contribution in [0, 0.1) is 13.8 Å². The number of anilines is 1. The van der Waals surface area contributed by atoms with Crippen LogP contribution in [0.25, 0.3) is 5.65 Å². The average Bonchev–Trinajstić information content (AvgIpc) is 2.81. The molecule has 3 aromatic rings. The third kappa shape index (κ3) is 2.94. The third-order valence-corrected chi connectivity index (χ3v) is 3.49. The van der Waals surface area contributed by atoms with E-state index in [-0.39, 0.29) is 11.3 Å². The molecule has 0 aliphatic heterocycles. The van der Waals surface area contributed by atoms with E-state index in [1.54, 1.807) is 19.1 Å². The van der Waals surface area contributed by atoms with E-state index in [1.165, 1.54) is 12.3 Å². The van der Waals surface area contributed by atoms with Crippen LogP contribution in [-0.2, 0) is 6.18 Å². The van der Waals surface area contributed by atoms with Crippen molar-refractivity contribution in [1.29, 1.82) is 0 Å². The summed E-state index contributed by atoms with van der Waals surface area (Å²) in [6, 6.07) is 5.60. The van der Waals surface area contributed by atoms with E-state index in [2.05, 4.69) is 15.3 Å². The summed E-state index contributed by atoms with van der Waals surface area (Å²) in [6.07, 6.45) is -2.10. The van der Waals surface area contributed by atoms with Crippen LogP contribution in [0.15, 0.2) is 36.7 Å². The number of amides is 1. The summed E-state index contributed by atoms with van der Waals surface area (Å²) in [5.41, 5.74) is 0.686. The maximum absolute atomic E-state index is 12.9. The van der Waals surface area contributed by atoms with Gasteiger partial charge in [-0.25, -0.2) is 9.97 Å². The Balaban J connectivity index is 2.04. The van der Waals surface area contributed by atoms with Crippen LogP contribution < -0.4 is 5.32 Å². The predicted molar refractivity (Wildman–Crippen MR) is 81.9 cm³/mol. The predicted octanol–water partition coefficient (Wildman–Crippen LogP) is 3.62. The van der Waals surface area contributed by atoms with Gasteiger partial charge in [0.25, 0.3) is 5.91 Å². The number of aryl methyl sites for hydroxylation is 2. The van der Waals surface area contributed by atoms with Gasteiger partial charge in [-0.15, -0.1) is 0 Å². The molecule has 3 aromatic heterocycles. The first-order valence-corrected chi connectivity index (χ1v) is 7.05. The minimum absolute atomic E-state index is 0.0411. The van der Waals surface area contributed by atoms with E-state index in [0.29, 0.717) is 11.5 Å². The lowest BCUT2D eigenvalue weighted by molar-refractivity contribution is -0.137. The summed E-state index contributed by atoms with van der Waals surface area (Å²) in [5.74, 6) is -0.251. The Morgan fingerprint density at radius 3 is 2.62 bits per heavy atom. The summed E-state index contributed by atoms with van der Waals surface area (Å²) in [5, 5.41) is 2.58. The van der Waals surface area contributed by atoms with Crippen molar-refractivity contribution in [1.82, 2.24) is 14.4 Å². The largest absolute Gasteiger partial charge is 0.417 e. The van der Waals surface area contributed by atoms with E-state index >= 15 is 0 Å². The van der Waals surface area contributed by atoms with E-state index in [0.717, 1.165) is 22.2 Å². The SMILES string of the molecule is Cc1ccnc(NC(=O)c2c(C)nc3ccc(C(F)(F)F)cn23)c1. The van der Waals surface area contributed by atoms with E-state index in [1.807, 2.05) is 6.92 Å². The fraction of sp³-hybridized carbons (Fsp3) is 0.188. The average molecular weight is 334 g/mol. The second-order valence-electron chi connectivity index (χ2n) is 5.36. The molecule has 3 heterocycles. The van der Waals surface area contributed by atoms with E-state index in [9.17, 15) is 18.0 Å². The topological polar surface area (TPSA) is 59.3 Å². The third-order valence-electron chi connectivity index (χ3n) is 3.49. The Morgan fingerprint density at radius 1 is 1.21 bits per heavy atom. The Bertz CT molecular complexity index is 931. The Morgan fingerprint density at radius 2 is 1.96 bits per heavy atom. The van der Waals surface area contributed by atoms with Crippen molar-refractivity contribution in [2.75, 3.05) is 5.32 Å². The first kappa shape index (κ1) is 16.0. The number of fused-ring (bicyclic) bond motifs is 1. The Hall–Kier alpha value is -2.90. The standard InChI is InChI=1S/C16H13F3N4O/c1-9-5-6-20-12(7-9)22-15(24)14-10(2)21-13-4-3-11(8-23(13)14)16(17,18)19/h3-8H,1-2H3,(H,20,22,24). The minimum Gasteiger partial charge on any atom is -0.305 e. The summed E-state index contributed by atoms with van der Waals surface area (Å²) < 4.78 is 39.8. The lowest BCUT2D eigenvalue weighted by Crippen LogP contribution is -2.17. The quantitative estimate of drug-likeness (QED) is 0.779. The van der Waals surface area contributed by atoms with E-state index < -0.39 is 17.6 Å². The zero-order valence-corrected chi connectivity index (χ0v) is 12.8. The van der Waals surface area contributed by atoms with Crippen LogP contribution in [0.5, 0.6) is 0 Å². The van der Waals surface area contributed by atoms with Gasteiger partial charge in [-0.05, 0) is 43.7 Å². The number of pyridine rings is 2. The van der Waals surface area contributed by atoms with Crippen molar-refractivity contribution in [2.24, 2.45) is 0 Å². The summed E-state index contributed by atoms with van der Waals surface area (Å²) in [7, 11) is 0. The molecule has 24 heavy (non-hydrogen) atoms. The van der Waals surface area contributed by atoms with Gasteiger partial charge in [-0.1, -0.05) is 0 Å². The highest BCUT2D eigenvalue weighted by molar-refractivity contribution is 6.04. The molecule has 0 aliphatic rings. The van der Waals surface area contributed by atoms with Crippen molar-refractivity contribution >= 4 is 17.4 Å². The zero-order valence-electron chi connectivity index (χ0n) is 12.8. The number of nitrogens with zero attached hydrogens (tertiary/aromatic N) is 3. The Labute approximate surface area is 135 Å². The van der Waals surface area contributed by atoms with Crippen LogP contribution in [0.4, 0.5) is 19.0 Å². The van der Waals surface area contributed by atoms with Gasteiger partial charge in [-0.3, -0.25) is 9.20 Å². The molecule has 8 heteroatoms. The number of aromatic nitrogens is 3. The second-order valence-corrected chi connectivity index (χ2v) is 5.36. The van der Waals surface area contributed by atoms with Crippen molar-refractivity contribution in [2.45, 2.75) is 20.0 Å². The van der Waals surface area contributed by atoms with Crippen molar-refractivity contribution in [3.05, 3.63) is 59.2 Å². The highest BCUT2D eigenvalue weighted by Crippen LogP contribution is 2.29. The molecule has 0 saturated carbocycles. The van der Waals surface area contributed by atoms with Crippen LogP contribution in [-0.4, -0.2) is 20.3 Å². The van der Waals surface area contributed by atoms with Crippen LogP contribution in [0.2, 0.25) is 0 Å². The molecule has 0 bridgehead atoms. The van der Waals surface area contributed by atoms with Gasteiger partial charge in [0.1, 0.15) is 17.2 Å². The lowest BCUT2D eigenvalue weighted by Gasteiger charge is -2.09. The molecule has 0 unspecified atom stereocenters. The molecule has 1 amide bonds. The summed E-state index contributed by atoms with van der Waals surface area (Å²) >= 11 is 0.